The number of nitrogens with zero attached hydrogens (tertiary/aromatic N) is 2. The lowest BCUT2D eigenvalue weighted by Gasteiger charge is -2.18. The van der Waals surface area contributed by atoms with Crippen molar-refractivity contribution >= 4 is 35.0 Å². The number of rotatable bonds is 6. The summed E-state index contributed by atoms with van der Waals surface area (Å²) < 4.78 is 11.8. The van der Waals surface area contributed by atoms with E-state index in [2.05, 4.69) is 9.30 Å². The van der Waals surface area contributed by atoms with E-state index in [0.717, 1.165) is 33.6 Å². The second-order valence-electron chi connectivity index (χ2n) is 5.72. The molecule has 1 aliphatic rings. The number of hydrogen-bond acceptors (Lipinski definition) is 6. The molecule has 2 rings (SSSR count). The summed E-state index contributed by atoms with van der Waals surface area (Å²) in [7, 11) is 2.87. The van der Waals surface area contributed by atoms with Gasteiger partial charge in [-0.1, -0.05) is 0 Å². The van der Waals surface area contributed by atoms with Crippen molar-refractivity contribution in [2.24, 2.45) is 0 Å². The molecule has 1 atom stereocenters. The number of carbonyl (C=O) groups excluding carboxylic acids is 3. The van der Waals surface area contributed by atoms with Crippen LogP contribution in [0.3, 0.4) is 0 Å². The van der Waals surface area contributed by atoms with Gasteiger partial charge in [0.25, 0.3) is 11.1 Å². The molecule has 1 aromatic rings. The average molecular weight is 366 g/mol. The second kappa shape index (κ2) is 7.88. The highest BCUT2D eigenvalue weighted by Gasteiger charge is 2.41. The van der Waals surface area contributed by atoms with Crippen molar-refractivity contribution in [1.82, 2.24) is 9.47 Å². The first kappa shape index (κ1) is 19.3. The largest absolute Gasteiger partial charge is 0.467 e. The Labute approximate surface area is 150 Å². The van der Waals surface area contributed by atoms with Gasteiger partial charge in [-0.15, -0.1) is 0 Å². The van der Waals surface area contributed by atoms with Gasteiger partial charge < -0.3 is 14.0 Å². The number of methoxy groups -OCH3 is 2. The summed E-state index contributed by atoms with van der Waals surface area (Å²) >= 11 is 0.831. The minimum Gasteiger partial charge on any atom is -0.467 e. The lowest BCUT2D eigenvalue weighted by molar-refractivity contribution is -0.148. The molecule has 0 bridgehead atoms. The van der Waals surface area contributed by atoms with Crippen LogP contribution in [-0.4, -0.2) is 53.5 Å². The van der Waals surface area contributed by atoms with Crippen molar-refractivity contribution in [3.63, 3.8) is 0 Å². The van der Waals surface area contributed by atoms with Crippen molar-refractivity contribution in [1.29, 1.82) is 0 Å². The van der Waals surface area contributed by atoms with Crippen LogP contribution < -0.4 is 0 Å². The zero-order chi connectivity index (χ0) is 18.7. The van der Waals surface area contributed by atoms with Crippen LogP contribution >= 0.6 is 11.8 Å². The van der Waals surface area contributed by atoms with Crippen LogP contribution in [0.4, 0.5) is 4.79 Å². The summed E-state index contributed by atoms with van der Waals surface area (Å²) in [5.74, 6) is -1.10. The summed E-state index contributed by atoms with van der Waals surface area (Å²) in [6.07, 6.45) is 1.69. The van der Waals surface area contributed by atoms with Crippen molar-refractivity contribution in [2.75, 3.05) is 20.8 Å². The van der Waals surface area contributed by atoms with Gasteiger partial charge in [0.2, 0.25) is 0 Å². The first-order valence-corrected chi connectivity index (χ1v) is 8.64. The van der Waals surface area contributed by atoms with E-state index < -0.39 is 23.2 Å². The van der Waals surface area contributed by atoms with E-state index in [-0.39, 0.29) is 0 Å². The molecule has 1 aromatic heterocycles. The van der Waals surface area contributed by atoms with E-state index in [1.807, 2.05) is 19.9 Å². The highest BCUT2D eigenvalue weighted by Crippen LogP contribution is 2.34. The topological polar surface area (TPSA) is 77.8 Å². The third-order valence-corrected chi connectivity index (χ3v) is 5.06. The van der Waals surface area contributed by atoms with Crippen molar-refractivity contribution in [2.45, 2.75) is 33.4 Å². The lowest BCUT2D eigenvalue weighted by Crippen LogP contribution is -2.42. The molecule has 1 unspecified atom stereocenters. The lowest BCUT2D eigenvalue weighted by atomic mass is 10.2. The first-order valence-electron chi connectivity index (χ1n) is 7.82. The van der Waals surface area contributed by atoms with Gasteiger partial charge in [0.1, 0.15) is 6.04 Å². The van der Waals surface area contributed by atoms with Gasteiger partial charge in [0.05, 0.1) is 18.6 Å². The number of aryl methyl sites for hydroxylation is 1. The zero-order valence-corrected chi connectivity index (χ0v) is 15.8. The molecule has 1 aliphatic heterocycles. The van der Waals surface area contributed by atoms with Crippen molar-refractivity contribution in [3.05, 3.63) is 27.9 Å². The van der Waals surface area contributed by atoms with Crippen LogP contribution in [-0.2, 0) is 25.6 Å². The molecule has 0 aromatic carbocycles. The number of ether oxygens (including phenoxy) is 2. The smallest absolute Gasteiger partial charge is 0.328 e. The molecule has 8 heteroatoms. The monoisotopic (exact) mass is 366 g/mol. The molecule has 7 nitrogen and oxygen atoms in total. The fourth-order valence-corrected chi connectivity index (χ4v) is 3.63. The maximum absolute atomic E-state index is 12.5. The van der Waals surface area contributed by atoms with Gasteiger partial charge in [-0.3, -0.25) is 14.5 Å². The molecule has 25 heavy (non-hydrogen) atoms. The minimum atomic E-state index is -0.947. The van der Waals surface area contributed by atoms with E-state index in [1.54, 1.807) is 13.2 Å². The predicted molar refractivity (Wildman–Crippen MR) is 95.1 cm³/mol. The van der Waals surface area contributed by atoms with Crippen molar-refractivity contribution < 1.29 is 23.9 Å². The van der Waals surface area contributed by atoms with Gasteiger partial charge in [-0.2, -0.15) is 0 Å². The van der Waals surface area contributed by atoms with Gasteiger partial charge in [0, 0.05) is 25.0 Å². The Morgan fingerprint density at radius 1 is 1.32 bits per heavy atom. The Bertz CT molecular complexity index is 738. The summed E-state index contributed by atoms with van der Waals surface area (Å²) in [6.45, 7) is 6.70. The molecular weight excluding hydrogens is 344 g/mol. The normalized spacial score (nSPS) is 17.5. The fraction of sp³-hybridized carbons (Fsp3) is 0.471. The minimum absolute atomic E-state index is 0.299. The van der Waals surface area contributed by atoms with E-state index >= 15 is 0 Å². The number of carbonyl (C=O) groups is 3. The SMILES string of the molecule is COCCn1c(C)cc(/C=C2\SC(=O)N(C(C)C(=O)OC)C2=O)c1C. The summed E-state index contributed by atoms with van der Waals surface area (Å²) in [5.41, 5.74) is 2.90. The zero-order valence-electron chi connectivity index (χ0n) is 15.0. The predicted octanol–water partition coefficient (Wildman–Crippen LogP) is 2.35. The molecule has 0 saturated carbocycles. The summed E-state index contributed by atoms with van der Waals surface area (Å²) in [5, 5.41) is -0.470. The maximum Gasteiger partial charge on any atom is 0.328 e. The number of esters is 1. The molecule has 2 heterocycles. The standard InChI is InChI=1S/C17H22N2O5S/c1-10-8-13(11(2)18(10)6-7-23-4)9-14-15(20)19(17(22)25-14)12(3)16(21)24-5/h8-9,12H,6-7H2,1-5H3/b14-9-. The number of imide groups is 1. The molecule has 1 saturated heterocycles. The average Bonchev–Trinajstić information content (AvgIpc) is 3.00. The second-order valence-corrected chi connectivity index (χ2v) is 6.71. The van der Waals surface area contributed by atoms with E-state index in [9.17, 15) is 14.4 Å². The molecule has 0 spiro atoms. The quantitative estimate of drug-likeness (QED) is 0.568. The number of amides is 2. The highest BCUT2D eigenvalue weighted by molar-refractivity contribution is 8.18. The summed E-state index contributed by atoms with van der Waals surface area (Å²) in [4.78, 5) is 37.6. The van der Waals surface area contributed by atoms with E-state index in [1.165, 1.54) is 14.0 Å². The Morgan fingerprint density at radius 3 is 2.60 bits per heavy atom. The number of hydrogen-bond donors (Lipinski definition) is 0. The van der Waals surface area contributed by atoms with Crippen LogP contribution in [0.2, 0.25) is 0 Å². The molecule has 0 N–H and O–H groups in total. The molecular formula is C17H22N2O5S. The third-order valence-electron chi connectivity index (χ3n) is 4.17. The molecule has 136 valence electrons. The van der Waals surface area contributed by atoms with Crippen LogP contribution in [0.25, 0.3) is 6.08 Å². The Kier molecular flexibility index (Phi) is 6.07. The fourth-order valence-electron chi connectivity index (χ4n) is 2.73. The molecule has 1 fully saturated rings. The summed E-state index contributed by atoms with van der Waals surface area (Å²) in [6, 6.07) is 1.01. The maximum atomic E-state index is 12.5. The Balaban J connectivity index is 2.29. The molecule has 0 aliphatic carbocycles. The van der Waals surface area contributed by atoms with Crippen molar-refractivity contribution in [3.8, 4) is 0 Å². The molecule has 0 radical (unpaired) electrons. The van der Waals surface area contributed by atoms with Gasteiger partial charge in [-0.25, -0.2) is 4.79 Å². The van der Waals surface area contributed by atoms with Gasteiger partial charge >= 0.3 is 5.97 Å². The number of thioether (sulfide) groups is 1. The molecule has 2 amide bonds. The number of aromatic nitrogens is 1. The Morgan fingerprint density at radius 2 is 2.00 bits per heavy atom. The van der Waals surface area contributed by atoms with Gasteiger partial charge in [-0.05, 0) is 50.2 Å². The van der Waals surface area contributed by atoms with E-state index in [4.69, 9.17) is 4.74 Å². The van der Waals surface area contributed by atoms with Crippen LogP contribution in [0.15, 0.2) is 11.0 Å². The van der Waals surface area contributed by atoms with E-state index in [0.29, 0.717) is 18.1 Å². The van der Waals surface area contributed by atoms with Gasteiger partial charge in [0.15, 0.2) is 0 Å². The van der Waals surface area contributed by atoms with Crippen LogP contribution in [0.5, 0.6) is 0 Å². The van der Waals surface area contributed by atoms with Crippen LogP contribution in [0.1, 0.15) is 23.9 Å². The first-order chi connectivity index (χ1) is 11.8. The van der Waals surface area contributed by atoms with Crippen LogP contribution in [0, 0.1) is 13.8 Å². The third kappa shape index (κ3) is 3.80. The Hall–Kier alpha value is -2.06. The highest BCUT2D eigenvalue weighted by atomic mass is 32.2.